The maximum absolute atomic E-state index is 12.4. The number of Topliss-reactive ketones (excluding diaryl/α,β-unsaturated/α-hetero) is 1. The van der Waals surface area contributed by atoms with Gasteiger partial charge in [-0.05, 0) is 36.2 Å². The third-order valence-electron chi connectivity index (χ3n) is 4.14. The topological polar surface area (TPSA) is 67.8 Å². The Labute approximate surface area is 165 Å². The molecule has 27 heavy (non-hydrogen) atoms. The number of carbonyl (C=O) groups excluding carboxylic acids is 2. The fourth-order valence-corrected chi connectivity index (χ4v) is 2.91. The summed E-state index contributed by atoms with van der Waals surface area (Å²) in [7, 11) is 0. The molecule has 5 nitrogen and oxygen atoms in total. The lowest BCUT2D eigenvalue weighted by molar-refractivity contribution is -0.117. The third kappa shape index (κ3) is 5.66. The minimum atomic E-state index is -0.342. The summed E-state index contributed by atoms with van der Waals surface area (Å²) < 4.78 is 4.96. The first-order valence-electron chi connectivity index (χ1n) is 8.81. The highest BCUT2D eigenvalue weighted by molar-refractivity contribution is 6.00. The molecule has 2 aromatic rings. The number of halogens is 1. The summed E-state index contributed by atoms with van der Waals surface area (Å²) in [5, 5.41) is 3.24. The second-order valence-electron chi connectivity index (χ2n) is 6.17. The van der Waals surface area contributed by atoms with Gasteiger partial charge < -0.3 is 10.1 Å². The first-order chi connectivity index (χ1) is 12.7. The lowest BCUT2D eigenvalue weighted by Gasteiger charge is -2.07. The third-order valence-corrected chi connectivity index (χ3v) is 4.14. The quantitative estimate of drug-likeness (QED) is 0.743. The predicted octanol–water partition coefficient (Wildman–Crippen LogP) is 2.99. The maximum Gasteiger partial charge on any atom is 0.338 e. The Hall–Kier alpha value is -2.66. The van der Waals surface area contributed by atoms with Crippen LogP contribution in [0.15, 0.2) is 53.5 Å². The normalized spacial score (nSPS) is 12.6. The van der Waals surface area contributed by atoms with E-state index in [9.17, 15) is 9.59 Å². The highest BCUT2D eigenvalue weighted by Gasteiger charge is 2.11. The molecule has 3 rings (SSSR count). The number of nitrogens with one attached hydrogen (secondary N) is 1. The van der Waals surface area contributed by atoms with Crippen LogP contribution < -0.4 is 5.32 Å². The molecule has 1 N–H and O–H groups in total. The highest BCUT2D eigenvalue weighted by Crippen LogP contribution is 2.12. The van der Waals surface area contributed by atoms with E-state index in [-0.39, 0.29) is 24.2 Å². The van der Waals surface area contributed by atoms with E-state index in [4.69, 9.17) is 4.74 Å². The molecular weight excluding hydrogens is 364 g/mol. The standard InChI is InChI=1S/C21H22N2O3.ClH/c1-2-26-21(25)17-8-6-15(7-9-17)13-19(24)14-16-4-3-5-18(12-16)20-22-10-11-23-20;/h3-9,12H,2,10-11,13-14H2,1H3,(H,22,23);1H. The predicted molar refractivity (Wildman–Crippen MR) is 108 cm³/mol. The van der Waals surface area contributed by atoms with Gasteiger partial charge >= 0.3 is 5.97 Å². The number of hydrogen-bond acceptors (Lipinski definition) is 5. The summed E-state index contributed by atoms with van der Waals surface area (Å²) in [5.41, 5.74) is 3.39. The van der Waals surface area contributed by atoms with Crippen molar-refractivity contribution in [2.75, 3.05) is 19.7 Å². The molecule has 6 heteroatoms. The molecule has 1 heterocycles. The SMILES string of the molecule is CCOC(=O)c1ccc(CC(=O)Cc2cccc(C3=NCCN3)c2)cc1.Cl. The average molecular weight is 387 g/mol. The molecule has 0 bridgehead atoms. The number of rotatable bonds is 7. The second-order valence-corrected chi connectivity index (χ2v) is 6.17. The van der Waals surface area contributed by atoms with Gasteiger partial charge in [-0.1, -0.05) is 30.3 Å². The van der Waals surface area contributed by atoms with Crippen LogP contribution in [0, 0.1) is 0 Å². The number of benzene rings is 2. The maximum atomic E-state index is 12.4. The smallest absolute Gasteiger partial charge is 0.338 e. The van der Waals surface area contributed by atoms with Crippen LogP contribution in [-0.4, -0.2) is 37.3 Å². The largest absolute Gasteiger partial charge is 0.462 e. The van der Waals surface area contributed by atoms with Gasteiger partial charge in [0.1, 0.15) is 11.6 Å². The number of hydrogen-bond donors (Lipinski definition) is 1. The Morgan fingerprint density at radius 3 is 2.48 bits per heavy atom. The summed E-state index contributed by atoms with van der Waals surface area (Å²) in [6, 6.07) is 14.9. The number of aliphatic imine (C=N–C) groups is 1. The van der Waals surface area contributed by atoms with Crippen molar-refractivity contribution < 1.29 is 14.3 Å². The summed E-state index contributed by atoms with van der Waals surface area (Å²) in [5.74, 6) is 0.687. The summed E-state index contributed by atoms with van der Waals surface area (Å²) in [6.07, 6.45) is 0.716. The molecule has 0 saturated heterocycles. The Morgan fingerprint density at radius 1 is 1.07 bits per heavy atom. The summed E-state index contributed by atoms with van der Waals surface area (Å²) in [4.78, 5) is 28.5. The van der Waals surface area contributed by atoms with Crippen LogP contribution in [0.3, 0.4) is 0 Å². The lowest BCUT2D eigenvalue weighted by Crippen LogP contribution is -2.19. The summed E-state index contributed by atoms with van der Waals surface area (Å²) in [6.45, 7) is 3.77. The van der Waals surface area contributed by atoms with E-state index in [1.54, 1.807) is 31.2 Å². The van der Waals surface area contributed by atoms with E-state index in [2.05, 4.69) is 10.3 Å². The number of amidine groups is 1. The van der Waals surface area contributed by atoms with E-state index >= 15 is 0 Å². The van der Waals surface area contributed by atoms with Gasteiger partial charge in [-0.15, -0.1) is 12.4 Å². The molecule has 0 aliphatic carbocycles. The van der Waals surface area contributed by atoms with Gasteiger partial charge in [-0.25, -0.2) is 4.79 Å². The Morgan fingerprint density at radius 2 is 1.81 bits per heavy atom. The van der Waals surface area contributed by atoms with Gasteiger partial charge in [0.2, 0.25) is 0 Å². The molecule has 0 amide bonds. The molecule has 0 radical (unpaired) electrons. The minimum Gasteiger partial charge on any atom is -0.462 e. The van der Waals surface area contributed by atoms with Gasteiger partial charge in [0.25, 0.3) is 0 Å². The van der Waals surface area contributed by atoms with Crippen LogP contribution in [0.1, 0.15) is 34.0 Å². The molecule has 2 aromatic carbocycles. The first kappa shape index (κ1) is 20.6. The minimum absolute atomic E-state index is 0. The number of nitrogens with zero attached hydrogens (tertiary/aromatic N) is 1. The van der Waals surface area contributed by atoms with Crippen LogP contribution in [0.25, 0.3) is 0 Å². The average Bonchev–Trinajstić information content (AvgIpc) is 3.17. The van der Waals surface area contributed by atoms with Gasteiger partial charge in [-0.3, -0.25) is 9.79 Å². The van der Waals surface area contributed by atoms with Gasteiger partial charge in [0.05, 0.1) is 18.7 Å². The molecule has 0 spiro atoms. The van der Waals surface area contributed by atoms with Crippen molar-refractivity contribution in [3.63, 3.8) is 0 Å². The Balaban J connectivity index is 0.00000261. The van der Waals surface area contributed by atoms with Crippen LogP contribution >= 0.6 is 12.4 Å². The number of ether oxygens (including phenoxy) is 1. The van der Waals surface area contributed by atoms with Crippen molar-refractivity contribution in [2.45, 2.75) is 19.8 Å². The zero-order valence-corrected chi connectivity index (χ0v) is 16.1. The fourth-order valence-electron chi connectivity index (χ4n) is 2.91. The van der Waals surface area contributed by atoms with E-state index in [1.165, 1.54) is 0 Å². The van der Waals surface area contributed by atoms with Gasteiger partial charge in [0, 0.05) is 24.9 Å². The molecule has 1 aliphatic rings. The molecule has 142 valence electrons. The van der Waals surface area contributed by atoms with E-state index < -0.39 is 0 Å². The second kappa shape index (κ2) is 9.88. The first-order valence-corrected chi connectivity index (χ1v) is 8.81. The number of carbonyl (C=O) groups is 2. The summed E-state index contributed by atoms with van der Waals surface area (Å²) >= 11 is 0. The monoisotopic (exact) mass is 386 g/mol. The van der Waals surface area contributed by atoms with Gasteiger partial charge in [-0.2, -0.15) is 0 Å². The highest BCUT2D eigenvalue weighted by atomic mass is 35.5. The van der Waals surface area contributed by atoms with Crippen molar-refractivity contribution in [3.8, 4) is 0 Å². The Kier molecular flexibility index (Phi) is 7.55. The van der Waals surface area contributed by atoms with E-state index in [0.717, 1.165) is 35.6 Å². The molecular formula is C21H23ClN2O3. The molecule has 1 aliphatic heterocycles. The van der Waals surface area contributed by atoms with Crippen LogP contribution in [0.5, 0.6) is 0 Å². The van der Waals surface area contributed by atoms with Crippen molar-refractivity contribution in [3.05, 3.63) is 70.8 Å². The fraction of sp³-hybridized carbons (Fsp3) is 0.286. The van der Waals surface area contributed by atoms with Crippen LogP contribution in [0.4, 0.5) is 0 Å². The molecule has 0 unspecified atom stereocenters. The number of esters is 1. The molecule has 0 aromatic heterocycles. The van der Waals surface area contributed by atoms with Crippen LogP contribution in [-0.2, 0) is 22.4 Å². The lowest BCUT2D eigenvalue weighted by atomic mass is 10.0. The number of ketones is 1. The van der Waals surface area contributed by atoms with Crippen molar-refractivity contribution in [2.24, 2.45) is 4.99 Å². The molecule has 0 atom stereocenters. The van der Waals surface area contributed by atoms with Crippen molar-refractivity contribution >= 4 is 30.0 Å². The van der Waals surface area contributed by atoms with Crippen molar-refractivity contribution in [1.29, 1.82) is 0 Å². The zero-order chi connectivity index (χ0) is 18.4. The van der Waals surface area contributed by atoms with Gasteiger partial charge in [0.15, 0.2) is 0 Å². The Bertz CT molecular complexity index is 832. The van der Waals surface area contributed by atoms with E-state index in [1.807, 2.05) is 24.3 Å². The van der Waals surface area contributed by atoms with Crippen molar-refractivity contribution in [1.82, 2.24) is 5.32 Å². The van der Waals surface area contributed by atoms with Crippen LogP contribution in [0.2, 0.25) is 0 Å². The molecule has 0 saturated carbocycles. The molecule has 0 fully saturated rings. The zero-order valence-electron chi connectivity index (χ0n) is 15.2. The van der Waals surface area contributed by atoms with E-state index in [0.29, 0.717) is 25.0 Å².